The van der Waals surface area contributed by atoms with Crippen molar-refractivity contribution in [2.75, 3.05) is 18.5 Å². The molecule has 150 valence electrons. The van der Waals surface area contributed by atoms with E-state index in [9.17, 15) is 18.4 Å². The molecule has 28 heavy (non-hydrogen) atoms. The highest BCUT2D eigenvalue weighted by molar-refractivity contribution is 5.95. The number of esters is 1. The van der Waals surface area contributed by atoms with E-state index >= 15 is 0 Å². The van der Waals surface area contributed by atoms with Crippen LogP contribution in [0.2, 0.25) is 0 Å². The Morgan fingerprint density at radius 3 is 2.36 bits per heavy atom. The minimum Gasteiger partial charge on any atom is -0.490 e. The number of amides is 1. The minimum atomic E-state index is -3.02. The second-order valence-corrected chi connectivity index (χ2v) is 5.65. The van der Waals surface area contributed by atoms with Gasteiger partial charge in [0.05, 0.1) is 12.2 Å². The highest BCUT2D eigenvalue weighted by Crippen LogP contribution is 2.30. The van der Waals surface area contributed by atoms with Gasteiger partial charge in [0.25, 0.3) is 5.91 Å². The normalized spacial score (nSPS) is 10.5. The number of benzene rings is 2. The molecule has 1 amide bonds. The third kappa shape index (κ3) is 6.22. The molecule has 0 aliphatic heterocycles. The number of aryl methyl sites for hydroxylation is 1. The van der Waals surface area contributed by atoms with Crippen LogP contribution >= 0.6 is 0 Å². The largest absolute Gasteiger partial charge is 0.490 e. The van der Waals surface area contributed by atoms with Gasteiger partial charge in [-0.2, -0.15) is 8.78 Å². The monoisotopic (exact) mass is 393 g/mol. The fraction of sp³-hybridized carbons (Fsp3) is 0.300. The van der Waals surface area contributed by atoms with Crippen LogP contribution in [-0.4, -0.2) is 31.7 Å². The van der Waals surface area contributed by atoms with Crippen molar-refractivity contribution in [3.05, 3.63) is 53.6 Å². The van der Waals surface area contributed by atoms with Crippen molar-refractivity contribution in [1.82, 2.24) is 0 Å². The van der Waals surface area contributed by atoms with Gasteiger partial charge in [-0.05, 0) is 49.2 Å². The number of nitrogens with one attached hydrogen (secondary N) is 1. The Morgan fingerprint density at radius 1 is 1.04 bits per heavy atom. The van der Waals surface area contributed by atoms with Gasteiger partial charge in [-0.1, -0.05) is 19.1 Å². The fourth-order valence-corrected chi connectivity index (χ4v) is 2.33. The number of hydrogen-bond donors (Lipinski definition) is 1. The molecular formula is C20H21F2NO5. The van der Waals surface area contributed by atoms with E-state index in [0.717, 1.165) is 12.0 Å². The molecular weight excluding hydrogens is 372 g/mol. The van der Waals surface area contributed by atoms with Crippen LogP contribution in [0.15, 0.2) is 42.5 Å². The average Bonchev–Trinajstić information content (AvgIpc) is 2.68. The number of alkyl halides is 2. The average molecular weight is 393 g/mol. The minimum absolute atomic E-state index is 0.0160. The molecule has 0 aliphatic carbocycles. The molecule has 0 saturated carbocycles. The summed E-state index contributed by atoms with van der Waals surface area (Å²) in [5, 5.41) is 2.62. The van der Waals surface area contributed by atoms with Crippen molar-refractivity contribution >= 4 is 17.6 Å². The molecule has 0 unspecified atom stereocenters. The quantitative estimate of drug-likeness (QED) is 0.651. The molecule has 0 radical (unpaired) electrons. The molecule has 0 aromatic heterocycles. The van der Waals surface area contributed by atoms with Crippen molar-refractivity contribution in [1.29, 1.82) is 0 Å². The number of hydrogen-bond acceptors (Lipinski definition) is 5. The molecule has 0 heterocycles. The fourth-order valence-electron chi connectivity index (χ4n) is 2.33. The van der Waals surface area contributed by atoms with Crippen LogP contribution in [0.1, 0.15) is 29.8 Å². The first-order valence-electron chi connectivity index (χ1n) is 8.70. The first-order valence-corrected chi connectivity index (χ1v) is 8.70. The molecule has 2 aromatic carbocycles. The van der Waals surface area contributed by atoms with Crippen molar-refractivity contribution < 1.29 is 32.6 Å². The molecule has 2 aromatic rings. The summed E-state index contributed by atoms with van der Waals surface area (Å²) < 4.78 is 39.3. The van der Waals surface area contributed by atoms with Gasteiger partial charge >= 0.3 is 12.6 Å². The van der Waals surface area contributed by atoms with E-state index in [-0.39, 0.29) is 23.7 Å². The first-order chi connectivity index (χ1) is 13.4. The summed E-state index contributed by atoms with van der Waals surface area (Å²) in [6.07, 6.45) is 0.886. The van der Waals surface area contributed by atoms with Crippen molar-refractivity contribution in [2.45, 2.75) is 26.9 Å². The Kier molecular flexibility index (Phi) is 7.74. The van der Waals surface area contributed by atoms with Crippen LogP contribution in [-0.2, 0) is 16.0 Å². The predicted molar refractivity (Wildman–Crippen MR) is 99.0 cm³/mol. The van der Waals surface area contributed by atoms with E-state index in [1.807, 2.05) is 19.1 Å². The van der Waals surface area contributed by atoms with Gasteiger partial charge in [0, 0.05) is 5.69 Å². The third-order valence-electron chi connectivity index (χ3n) is 3.68. The van der Waals surface area contributed by atoms with Gasteiger partial charge in [-0.25, -0.2) is 4.79 Å². The summed E-state index contributed by atoms with van der Waals surface area (Å²) in [5.74, 6) is -1.50. The van der Waals surface area contributed by atoms with E-state index < -0.39 is 25.1 Å². The number of carbonyl (C=O) groups is 2. The van der Waals surface area contributed by atoms with Crippen LogP contribution in [0.5, 0.6) is 11.5 Å². The van der Waals surface area contributed by atoms with Gasteiger partial charge in [0.1, 0.15) is 0 Å². The molecule has 0 bridgehead atoms. The van der Waals surface area contributed by atoms with Crippen molar-refractivity contribution in [3.63, 3.8) is 0 Å². The summed E-state index contributed by atoms with van der Waals surface area (Å²) in [7, 11) is 0. The maximum atomic E-state index is 12.4. The molecule has 1 N–H and O–H groups in total. The Bertz CT molecular complexity index is 809. The lowest BCUT2D eigenvalue weighted by Gasteiger charge is -2.12. The second-order valence-electron chi connectivity index (χ2n) is 5.65. The molecule has 0 fully saturated rings. The smallest absolute Gasteiger partial charge is 0.387 e. The lowest BCUT2D eigenvalue weighted by atomic mass is 10.1. The SMILES string of the molecule is CCOc1cc(C(=O)OCC(=O)Nc2ccc(CC)cc2)ccc1OC(F)F. The van der Waals surface area contributed by atoms with E-state index in [4.69, 9.17) is 9.47 Å². The third-order valence-corrected chi connectivity index (χ3v) is 3.68. The Hall–Kier alpha value is -3.16. The predicted octanol–water partition coefficient (Wildman–Crippen LogP) is 4.04. The summed E-state index contributed by atoms with van der Waals surface area (Å²) in [4.78, 5) is 24.1. The van der Waals surface area contributed by atoms with Crippen LogP contribution < -0.4 is 14.8 Å². The molecule has 0 spiro atoms. The summed E-state index contributed by atoms with van der Waals surface area (Å²) >= 11 is 0. The van der Waals surface area contributed by atoms with Crippen LogP contribution in [0.3, 0.4) is 0 Å². The lowest BCUT2D eigenvalue weighted by molar-refractivity contribution is -0.119. The maximum Gasteiger partial charge on any atom is 0.387 e. The Morgan fingerprint density at radius 2 is 1.75 bits per heavy atom. The van der Waals surface area contributed by atoms with Crippen molar-refractivity contribution in [2.24, 2.45) is 0 Å². The molecule has 8 heteroatoms. The molecule has 0 saturated heterocycles. The van der Waals surface area contributed by atoms with Crippen molar-refractivity contribution in [3.8, 4) is 11.5 Å². The zero-order valence-electron chi connectivity index (χ0n) is 15.5. The van der Waals surface area contributed by atoms with Gasteiger partial charge in [0.15, 0.2) is 18.1 Å². The number of halogens is 2. The van der Waals surface area contributed by atoms with Crippen LogP contribution in [0.25, 0.3) is 0 Å². The Balaban J connectivity index is 1.95. The molecule has 0 aliphatic rings. The lowest BCUT2D eigenvalue weighted by Crippen LogP contribution is -2.21. The topological polar surface area (TPSA) is 73.9 Å². The summed E-state index contributed by atoms with van der Waals surface area (Å²) in [6, 6.07) is 11.0. The van der Waals surface area contributed by atoms with E-state index in [1.165, 1.54) is 18.2 Å². The van der Waals surface area contributed by atoms with Gasteiger partial charge in [0.2, 0.25) is 0 Å². The zero-order valence-corrected chi connectivity index (χ0v) is 15.5. The van der Waals surface area contributed by atoms with E-state index in [1.54, 1.807) is 19.1 Å². The summed E-state index contributed by atoms with van der Waals surface area (Å²) in [6.45, 7) is 0.363. The number of ether oxygens (including phenoxy) is 3. The highest BCUT2D eigenvalue weighted by Gasteiger charge is 2.16. The van der Waals surface area contributed by atoms with E-state index in [2.05, 4.69) is 10.1 Å². The number of anilines is 1. The van der Waals surface area contributed by atoms with E-state index in [0.29, 0.717) is 5.69 Å². The molecule has 0 atom stereocenters. The van der Waals surface area contributed by atoms with Crippen LogP contribution in [0.4, 0.5) is 14.5 Å². The standard InChI is InChI=1S/C20H21F2NO5/c1-3-13-5-8-15(9-6-13)23-18(24)12-27-19(25)14-7-10-16(28-20(21)22)17(11-14)26-4-2/h5-11,20H,3-4,12H2,1-2H3,(H,23,24). The second kappa shape index (κ2) is 10.2. The molecule has 6 nitrogen and oxygen atoms in total. The van der Waals surface area contributed by atoms with Crippen LogP contribution in [0, 0.1) is 0 Å². The highest BCUT2D eigenvalue weighted by atomic mass is 19.3. The number of carbonyl (C=O) groups excluding carboxylic acids is 2. The van der Waals surface area contributed by atoms with Gasteiger partial charge in [-0.15, -0.1) is 0 Å². The van der Waals surface area contributed by atoms with Gasteiger partial charge < -0.3 is 19.5 Å². The first kappa shape index (κ1) is 21.1. The molecule has 2 rings (SSSR count). The summed E-state index contributed by atoms with van der Waals surface area (Å²) in [5.41, 5.74) is 1.77. The Labute approximate surface area is 161 Å². The van der Waals surface area contributed by atoms with Gasteiger partial charge in [-0.3, -0.25) is 4.79 Å². The number of rotatable bonds is 9. The maximum absolute atomic E-state index is 12.4. The zero-order chi connectivity index (χ0) is 20.5.